The second-order valence-electron chi connectivity index (χ2n) is 6.54. The molecule has 1 saturated carbocycles. The summed E-state index contributed by atoms with van der Waals surface area (Å²) in [5.41, 5.74) is 0. The smallest absolute Gasteiger partial charge is 0.0229 e. The monoisotopic (exact) mass is 237 g/mol. The SMILES string of the molecule is CN(C)C1CCN(CC2NCC3CCCC32)C1. The Hall–Kier alpha value is -0.120. The van der Waals surface area contributed by atoms with Crippen LogP contribution >= 0.6 is 0 Å². The second-order valence-corrected chi connectivity index (χ2v) is 6.54. The zero-order valence-electron chi connectivity index (χ0n) is 11.4. The van der Waals surface area contributed by atoms with Gasteiger partial charge in [-0.05, 0) is 58.3 Å². The van der Waals surface area contributed by atoms with E-state index >= 15 is 0 Å². The van der Waals surface area contributed by atoms with Crippen molar-refractivity contribution in [3.05, 3.63) is 0 Å². The summed E-state index contributed by atoms with van der Waals surface area (Å²) < 4.78 is 0. The first kappa shape index (κ1) is 11.9. The third-order valence-electron chi connectivity index (χ3n) is 5.31. The molecule has 4 unspecified atom stereocenters. The van der Waals surface area contributed by atoms with Crippen LogP contribution in [0.3, 0.4) is 0 Å². The topological polar surface area (TPSA) is 18.5 Å². The highest BCUT2D eigenvalue weighted by molar-refractivity contribution is 4.96. The lowest BCUT2D eigenvalue weighted by Crippen LogP contribution is -2.41. The quantitative estimate of drug-likeness (QED) is 0.790. The number of fused-ring (bicyclic) bond motifs is 1. The fourth-order valence-corrected chi connectivity index (χ4v) is 4.18. The molecule has 3 aliphatic rings. The molecule has 0 aromatic rings. The summed E-state index contributed by atoms with van der Waals surface area (Å²) in [5.74, 6) is 2.00. The molecular weight excluding hydrogens is 210 g/mol. The van der Waals surface area contributed by atoms with Gasteiger partial charge in [0, 0.05) is 25.2 Å². The summed E-state index contributed by atoms with van der Waals surface area (Å²) in [5, 5.41) is 3.77. The molecule has 3 rings (SSSR count). The molecule has 2 aliphatic heterocycles. The summed E-state index contributed by atoms with van der Waals surface area (Å²) in [7, 11) is 4.43. The van der Waals surface area contributed by atoms with Crippen molar-refractivity contribution in [2.45, 2.75) is 37.8 Å². The van der Waals surface area contributed by atoms with E-state index in [1.54, 1.807) is 0 Å². The first-order valence-electron chi connectivity index (χ1n) is 7.36. The third kappa shape index (κ3) is 2.38. The number of hydrogen-bond donors (Lipinski definition) is 1. The number of nitrogens with zero attached hydrogens (tertiary/aromatic N) is 2. The predicted molar refractivity (Wildman–Crippen MR) is 71.2 cm³/mol. The Kier molecular flexibility index (Phi) is 3.42. The van der Waals surface area contributed by atoms with Crippen molar-refractivity contribution >= 4 is 0 Å². The van der Waals surface area contributed by atoms with Crippen LogP contribution in [0.5, 0.6) is 0 Å². The van der Waals surface area contributed by atoms with Gasteiger partial charge in [0.1, 0.15) is 0 Å². The van der Waals surface area contributed by atoms with Crippen LogP contribution in [0.25, 0.3) is 0 Å². The van der Waals surface area contributed by atoms with E-state index in [4.69, 9.17) is 0 Å². The first-order valence-corrected chi connectivity index (χ1v) is 7.36. The molecule has 3 fully saturated rings. The third-order valence-corrected chi connectivity index (χ3v) is 5.31. The van der Waals surface area contributed by atoms with E-state index in [-0.39, 0.29) is 0 Å². The number of likely N-dealkylation sites (N-methyl/N-ethyl adjacent to an activating group) is 1. The summed E-state index contributed by atoms with van der Waals surface area (Å²) in [6, 6.07) is 1.58. The van der Waals surface area contributed by atoms with Crippen molar-refractivity contribution in [2.75, 3.05) is 40.3 Å². The van der Waals surface area contributed by atoms with Gasteiger partial charge >= 0.3 is 0 Å². The lowest BCUT2D eigenvalue weighted by atomic mass is 9.94. The molecule has 3 heteroatoms. The summed E-state index contributed by atoms with van der Waals surface area (Å²) in [4.78, 5) is 5.07. The van der Waals surface area contributed by atoms with Gasteiger partial charge in [0.25, 0.3) is 0 Å². The molecule has 3 nitrogen and oxygen atoms in total. The van der Waals surface area contributed by atoms with Gasteiger partial charge in [-0.1, -0.05) is 6.42 Å². The first-order chi connectivity index (χ1) is 8.24. The van der Waals surface area contributed by atoms with E-state index in [2.05, 4.69) is 29.2 Å². The summed E-state index contributed by atoms with van der Waals surface area (Å²) in [6.45, 7) is 5.17. The van der Waals surface area contributed by atoms with Crippen molar-refractivity contribution in [1.82, 2.24) is 15.1 Å². The van der Waals surface area contributed by atoms with Crippen molar-refractivity contribution in [3.63, 3.8) is 0 Å². The maximum absolute atomic E-state index is 3.77. The molecule has 17 heavy (non-hydrogen) atoms. The van der Waals surface area contributed by atoms with Crippen LogP contribution in [0.4, 0.5) is 0 Å². The van der Waals surface area contributed by atoms with Gasteiger partial charge in [0.05, 0.1) is 0 Å². The van der Waals surface area contributed by atoms with Crippen molar-refractivity contribution in [3.8, 4) is 0 Å². The molecule has 0 aromatic heterocycles. The maximum atomic E-state index is 3.77. The van der Waals surface area contributed by atoms with Crippen LogP contribution in [0, 0.1) is 11.8 Å². The Morgan fingerprint density at radius 2 is 2.12 bits per heavy atom. The van der Waals surface area contributed by atoms with Crippen LogP contribution in [-0.4, -0.2) is 62.2 Å². The van der Waals surface area contributed by atoms with Crippen molar-refractivity contribution in [2.24, 2.45) is 11.8 Å². The lowest BCUT2D eigenvalue weighted by Gasteiger charge is -2.25. The molecule has 0 amide bonds. The maximum Gasteiger partial charge on any atom is 0.0229 e. The summed E-state index contributed by atoms with van der Waals surface area (Å²) in [6.07, 6.45) is 5.80. The molecule has 0 spiro atoms. The average molecular weight is 237 g/mol. The molecule has 98 valence electrons. The number of rotatable bonds is 3. The van der Waals surface area contributed by atoms with E-state index in [1.165, 1.54) is 51.9 Å². The Bertz CT molecular complexity index is 266. The number of nitrogens with one attached hydrogen (secondary N) is 1. The van der Waals surface area contributed by atoms with Gasteiger partial charge in [-0.2, -0.15) is 0 Å². The molecule has 1 aliphatic carbocycles. The zero-order chi connectivity index (χ0) is 11.8. The van der Waals surface area contributed by atoms with E-state index in [1.807, 2.05) is 0 Å². The number of likely N-dealkylation sites (tertiary alicyclic amines) is 1. The Morgan fingerprint density at radius 3 is 2.88 bits per heavy atom. The van der Waals surface area contributed by atoms with Crippen LogP contribution in [0.15, 0.2) is 0 Å². The fraction of sp³-hybridized carbons (Fsp3) is 1.00. The highest BCUT2D eigenvalue weighted by atomic mass is 15.2. The fourth-order valence-electron chi connectivity index (χ4n) is 4.18. The molecule has 2 heterocycles. The van der Waals surface area contributed by atoms with Gasteiger partial charge in [0.2, 0.25) is 0 Å². The minimum Gasteiger partial charge on any atom is -0.312 e. The minimum absolute atomic E-state index is 0.788. The highest BCUT2D eigenvalue weighted by Crippen LogP contribution is 2.38. The van der Waals surface area contributed by atoms with Crippen LogP contribution in [0.2, 0.25) is 0 Å². The van der Waals surface area contributed by atoms with E-state index in [0.29, 0.717) is 0 Å². The predicted octanol–water partition coefficient (Wildman–Crippen LogP) is 1.01. The normalized spacial score (nSPS) is 42.5. The minimum atomic E-state index is 0.788. The Balaban J connectivity index is 1.51. The van der Waals surface area contributed by atoms with Gasteiger partial charge in [-0.25, -0.2) is 0 Å². The molecule has 4 atom stereocenters. The molecular formula is C14H27N3. The largest absolute Gasteiger partial charge is 0.312 e. The molecule has 0 radical (unpaired) electrons. The average Bonchev–Trinajstić information content (AvgIpc) is 2.96. The lowest BCUT2D eigenvalue weighted by molar-refractivity contribution is 0.237. The van der Waals surface area contributed by atoms with Gasteiger partial charge < -0.3 is 15.1 Å². The van der Waals surface area contributed by atoms with E-state index in [0.717, 1.165) is 23.9 Å². The number of hydrogen-bond acceptors (Lipinski definition) is 3. The highest BCUT2D eigenvalue weighted by Gasteiger charge is 2.40. The molecule has 0 bridgehead atoms. The molecule has 1 N–H and O–H groups in total. The van der Waals surface area contributed by atoms with Crippen LogP contribution in [-0.2, 0) is 0 Å². The van der Waals surface area contributed by atoms with E-state index < -0.39 is 0 Å². The van der Waals surface area contributed by atoms with Gasteiger partial charge in [-0.3, -0.25) is 0 Å². The zero-order valence-corrected chi connectivity index (χ0v) is 11.4. The van der Waals surface area contributed by atoms with Gasteiger partial charge in [-0.15, -0.1) is 0 Å². The second kappa shape index (κ2) is 4.87. The Labute approximate surface area is 106 Å². The standard InChI is InChI=1S/C14H27N3/c1-16(2)12-6-7-17(9-12)10-14-13-5-3-4-11(13)8-15-14/h11-15H,3-10H2,1-2H3. The Morgan fingerprint density at radius 1 is 1.24 bits per heavy atom. The summed E-state index contributed by atoms with van der Waals surface area (Å²) >= 11 is 0. The van der Waals surface area contributed by atoms with Gasteiger partial charge in [0.15, 0.2) is 0 Å². The molecule has 2 saturated heterocycles. The van der Waals surface area contributed by atoms with E-state index in [9.17, 15) is 0 Å². The molecule has 0 aromatic carbocycles. The van der Waals surface area contributed by atoms with Crippen LogP contribution in [0.1, 0.15) is 25.7 Å². The van der Waals surface area contributed by atoms with Crippen LogP contribution < -0.4 is 5.32 Å². The van der Waals surface area contributed by atoms with Crippen molar-refractivity contribution in [1.29, 1.82) is 0 Å². The van der Waals surface area contributed by atoms with Crippen molar-refractivity contribution < 1.29 is 0 Å².